The highest BCUT2D eigenvalue weighted by Gasteiger charge is 2.27. The third kappa shape index (κ3) is 5.94. The molecule has 0 aliphatic heterocycles. The highest BCUT2D eigenvalue weighted by molar-refractivity contribution is 5.97. The predicted octanol–water partition coefficient (Wildman–Crippen LogP) is 3.36. The molecule has 29 heavy (non-hydrogen) atoms. The summed E-state index contributed by atoms with van der Waals surface area (Å²) in [5.74, 6) is -3.81. The molecule has 2 aromatic rings. The van der Waals surface area contributed by atoms with Gasteiger partial charge in [0.2, 0.25) is 17.7 Å². The van der Waals surface area contributed by atoms with E-state index in [2.05, 4.69) is 9.97 Å². The molecule has 2 heterocycles. The summed E-state index contributed by atoms with van der Waals surface area (Å²) < 4.78 is 30.8. The van der Waals surface area contributed by atoms with Gasteiger partial charge in [-0.05, 0) is 24.6 Å². The van der Waals surface area contributed by atoms with Crippen molar-refractivity contribution in [3.05, 3.63) is 47.8 Å². The molecule has 2 aromatic heterocycles. The Labute approximate surface area is 167 Å². The smallest absolute Gasteiger partial charge is 0.278 e. The summed E-state index contributed by atoms with van der Waals surface area (Å²) in [6.45, 7) is 5.25. The van der Waals surface area contributed by atoms with Gasteiger partial charge in [0.05, 0.1) is 6.04 Å². The van der Waals surface area contributed by atoms with Crippen LogP contribution in [0.25, 0.3) is 0 Å². The molecule has 0 saturated carbocycles. The number of amides is 2. The first-order valence-corrected chi connectivity index (χ1v) is 9.05. The van der Waals surface area contributed by atoms with Crippen LogP contribution in [0.1, 0.15) is 49.7 Å². The van der Waals surface area contributed by atoms with Crippen LogP contribution in [0, 0.1) is 5.92 Å². The van der Waals surface area contributed by atoms with Crippen molar-refractivity contribution in [3.63, 3.8) is 0 Å². The van der Waals surface area contributed by atoms with E-state index in [0.29, 0.717) is 5.56 Å². The van der Waals surface area contributed by atoms with Crippen LogP contribution in [-0.4, -0.2) is 34.3 Å². The van der Waals surface area contributed by atoms with Gasteiger partial charge in [0.15, 0.2) is 6.61 Å². The maximum atomic E-state index is 12.9. The fourth-order valence-electron chi connectivity index (χ4n) is 2.56. The van der Waals surface area contributed by atoms with Gasteiger partial charge >= 0.3 is 0 Å². The fourth-order valence-corrected chi connectivity index (χ4v) is 2.56. The lowest BCUT2D eigenvalue weighted by molar-refractivity contribution is -0.121. The molecule has 1 unspecified atom stereocenters. The van der Waals surface area contributed by atoms with Gasteiger partial charge in [0, 0.05) is 36.9 Å². The van der Waals surface area contributed by atoms with Crippen molar-refractivity contribution < 1.29 is 23.1 Å². The highest BCUT2D eigenvalue weighted by atomic mass is 19.3. The van der Waals surface area contributed by atoms with E-state index in [9.17, 15) is 18.4 Å². The van der Waals surface area contributed by atoms with E-state index in [0.717, 1.165) is 6.92 Å². The van der Waals surface area contributed by atoms with Crippen molar-refractivity contribution >= 4 is 17.6 Å². The molecule has 0 radical (unpaired) electrons. The van der Waals surface area contributed by atoms with Crippen molar-refractivity contribution in [1.29, 1.82) is 0 Å². The molecule has 2 N–H and O–H groups in total. The first-order chi connectivity index (χ1) is 13.5. The Morgan fingerprint density at radius 3 is 2.41 bits per heavy atom. The number of primary amides is 1. The van der Waals surface area contributed by atoms with Crippen LogP contribution in [0.15, 0.2) is 36.7 Å². The number of hydrogen-bond acceptors (Lipinski definition) is 5. The maximum Gasteiger partial charge on any atom is 0.278 e. The monoisotopic (exact) mass is 406 g/mol. The van der Waals surface area contributed by atoms with Gasteiger partial charge in [-0.15, -0.1) is 0 Å². The van der Waals surface area contributed by atoms with Crippen molar-refractivity contribution in [1.82, 2.24) is 9.97 Å². The summed E-state index contributed by atoms with van der Waals surface area (Å²) >= 11 is 0. The lowest BCUT2D eigenvalue weighted by Crippen LogP contribution is -2.37. The number of halogens is 2. The van der Waals surface area contributed by atoms with Crippen molar-refractivity contribution in [2.24, 2.45) is 11.7 Å². The Morgan fingerprint density at radius 1 is 1.21 bits per heavy atom. The standard InChI is InChI=1S/C20H24F2N4O3/c1-12(2)19(28)26(16-9-14(18(23)27)7-8-24-16)13(3)15-5-6-17(25-10-15)29-11-20(4,21)22/h5-10,12-13H,11H2,1-4H3,(H2,23,27). The second-order valence-electron chi connectivity index (χ2n) is 7.09. The molecular weight excluding hydrogens is 382 g/mol. The summed E-state index contributed by atoms with van der Waals surface area (Å²) in [6, 6.07) is 5.52. The minimum absolute atomic E-state index is 0.0538. The minimum Gasteiger partial charge on any atom is -0.471 e. The molecule has 9 heteroatoms. The fraction of sp³-hybridized carbons (Fsp3) is 0.400. The number of nitrogens with zero attached hydrogens (tertiary/aromatic N) is 3. The molecule has 0 fully saturated rings. The van der Waals surface area contributed by atoms with Crippen LogP contribution in [0.5, 0.6) is 5.88 Å². The van der Waals surface area contributed by atoms with Crippen LogP contribution in [-0.2, 0) is 4.79 Å². The Bertz CT molecular complexity index is 867. The normalized spacial score (nSPS) is 12.5. The summed E-state index contributed by atoms with van der Waals surface area (Å²) in [7, 11) is 0. The molecule has 0 aromatic carbocycles. The number of rotatable bonds is 8. The predicted molar refractivity (Wildman–Crippen MR) is 104 cm³/mol. The Kier molecular flexibility index (Phi) is 6.84. The second kappa shape index (κ2) is 8.93. The number of carbonyl (C=O) groups is 2. The number of pyridine rings is 2. The molecule has 0 saturated heterocycles. The van der Waals surface area contributed by atoms with Gasteiger partial charge in [0.25, 0.3) is 5.92 Å². The van der Waals surface area contributed by atoms with Gasteiger partial charge in [-0.1, -0.05) is 19.9 Å². The molecule has 0 aliphatic rings. The van der Waals surface area contributed by atoms with Crippen LogP contribution < -0.4 is 15.4 Å². The summed E-state index contributed by atoms with van der Waals surface area (Å²) in [4.78, 5) is 34.1. The summed E-state index contributed by atoms with van der Waals surface area (Å²) in [5, 5.41) is 0. The van der Waals surface area contributed by atoms with Crippen molar-refractivity contribution in [3.8, 4) is 5.88 Å². The SMILES string of the molecule is CC(C)C(=O)N(c1cc(C(N)=O)ccn1)C(C)c1ccc(OCC(C)(F)F)nc1. The zero-order valence-electron chi connectivity index (χ0n) is 16.7. The van der Waals surface area contributed by atoms with Gasteiger partial charge in [0.1, 0.15) is 5.82 Å². The van der Waals surface area contributed by atoms with E-state index >= 15 is 0 Å². The summed E-state index contributed by atoms with van der Waals surface area (Å²) in [6.07, 6.45) is 2.86. The van der Waals surface area contributed by atoms with Crippen molar-refractivity contribution in [2.75, 3.05) is 11.5 Å². The number of hydrogen-bond donors (Lipinski definition) is 1. The van der Waals surface area contributed by atoms with E-state index in [1.807, 2.05) is 0 Å². The Morgan fingerprint density at radius 2 is 1.90 bits per heavy atom. The Hall–Kier alpha value is -3.10. The lowest BCUT2D eigenvalue weighted by atomic mass is 10.1. The number of carbonyl (C=O) groups excluding carboxylic acids is 2. The molecule has 2 amide bonds. The van der Waals surface area contributed by atoms with Gasteiger partial charge in [-0.25, -0.2) is 18.7 Å². The number of alkyl halides is 2. The molecule has 0 bridgehead atoms. The van der Waals surface area contributed by atoms with E-state index in [-0.39, 0.29) is 29.1 Å². The zero-order valence-corrected chi connectivity index (χ0v) is 16.7. The van der Waals surface area contributed by atoms with Gasteiger partial charge < -0.3 is 10.5 Å². The average molecular weight is 406 g/mol. The third-order valence-electron chi connectivity index (χ3n) is 4.11. The second-order valence-corrected chi connectivity index (χ2v) is 7.09. The van der Waals surface area contributed by atoms with Gasteiger partial charge in [-0.3, -0.25) is 14.5 Å². The molecule has 0 spiro atoms. The first-order valence-electron chi connectivity index (χ1n) is 9.05. The van der Waals surface area contributed by atoms with E-state index < -0.39 is 24.5 Å². The van der Waals surface area contributed by atoms with Gasteiger partial charge in [-0.2, -0.15) is 0 Å². The topological polar surface area (TPSA) is 98.4 Å². The van der Waals surface area contributed by atoms with E-state index in [4.69, 9.17) is 10.5 Å². The van der Waals surface area contributed by atoms with Crippen LogP contribution in [0.4, 0.5) is 14.6 Å². The third-order valence-corrected chi connectivity index (χ3v) is 4.11. The number of anilines is 1. The molecule has 2 rings (SSSR count). The molecule has 7 nitrogen and oxygen atoms in total. The zero-order chi connectivity index (χ0) is 21.8. The lowest BCUT2D eigenvalue weighted by Gasteiger charge is -2.30. The molecule has 1 atom stereocenters. The molecule has 156 valence electrons. The van der Waals surface area contributed by atoms with Crippen LogP contribution >= 0.6 is 0 Å². The highest BCUT2D eigenvalue weighted by Crippen LogP contribution is 2.28. The number of aromatic nitrogens is 2. The van der Waals surface area contributed by atoms with Crippen LogP contribution in [0.3, 0.4) is 0 Å². The average Bonchev–Trinajstić information content (AvgIpc) is 2.66. The molecular formula is C20H24F2N4O3. The first kappa shape index (κ1) is 22.2. The molecule has 0 aliphatic carbocycles. The number of nitrogens with two attached hydrogens (primary N) is 1. The van der Waals surface area contributed by atoms with Crippen LogP contribution in [0.2, 0.25) is 0 Å². The minimum atomic E-state index is -2.97. The number of ether oxygens (including phenoxy) is 1. The Balaban J connectivity index is 2.33. The largest absolute Gasteiger partial charge is 0.471 e. The summed E-state index contributed by atoms with van der Waals surface area (Å²) in [5.41, 5.74) is 6.20. The van der Waals surface area contributed by atoms with E-state index in [1.165, 1.54) is 35.5 Å². The van der Waals surface area contributed by atoms with E-state index in [1.54, 1.807) is 26.8 Å². The maximum absolute atomic E-state index is 12.9. The quantitative estimate of drug-likeness (QED) is 0.725. The van der Waals surface area contributed by atoms with Crippen molar-refractivity contribution in [2.45, 2.75) is 39.7 Å².